The van der Waals surface area contributed by atoms with Gasteiger partial charge in [-0.05, 0) is 19.1 Å². The number of nitrogens with zero attached hydrogens (tertiary/aromatic N) is 3. The molecule has 7 heteroatoms. The Morgan fingerprint density at radius 3 is 2.95 bits per heavy atom. The molecule has 1 aromatic heterocycles. The van der Waals surface area contributed by atoms with E-state index in [0.717, 1.165) is 16.3 Å². The highest BCUT2D eigenvalue weighted by molar-refractivity contribution is 7.13. The zero-order valence-electron chi connectivity index (χ0n) is 10.7. The maximum absolute atomic E-state index is 8.76. The number of thiazole rings is 1. The first-order valence-electron chi connectivity index (χ1n) is 5.71. The smallest absolute Gasteiger partial charge is 0.201 e. The Bertz CT molecular complexity index is 710. The largest absolute Gasteiger partial charge is 0.382 e. The predicted octanol–water partition coefficient (Wildman–Crippen LogP) is 2.35. The Hall–Kier alpha value is -2.72. The SMILES string of the molecule is Cc1csc(-c2cccc(N/N=C(\C#N)C(=N)N)c2)n1. The Morgan fingerprint density at radius 2 is 2.35 bits per heavy atom. The standard InChI is InChI=1S/C13H12N6S/c1-8-7-20-13(17-8)9-3-2-4-10(5-9)18-19-11(6-14)12(15)16/h2-5,7,18H,1H3,(H3,15,16)/b19-11+. The van der Waals surface area contributed by atoms with E-state index in [9.17, 15) is 0 Å². The van der Waals surface area contributed by atoms with Crippen molar-refractivity contribution in [3.8, 4) is 16.6 Å². The van der Waals surface area contributed by atoms with Crippen molar-refractivity contribution >= 4 is 28.6 Å². The van der Waals surface area contributed by atoms with E-state index in [1.165, 1.54) is 0 Å². The third-order valence-electron chi connectivity index (χ3n) is 2.39. The summed E-state index contributed by atoms with van der Waals surface area (Å²) in [6, 6.07) is 9.24. The Labute approximate surface area is 120 Å². The van der Waals surface area contributed by atoms with Crippen LogP contribution in [0.1, 0.15) is 5.69 Å². The van der Waals surface area contributed by atoms with Crippen LogP contribution in [0.25, 0.3) is 10.6 Å². The first-order chi connectivity index (χ1) is 9.60. The second-order valence-corrected chi connectivity index (χ2v) is 4.83. The number of nitrogens with two attached hydrogens (primary N) is 1. The van der Waals surface area contributed by atoms with Gasteiger partial charge in [0.15, 0.2) is 5.84 Å². The molecule has 2 aromatic rings. The van der Waals surface area contributed by atoms with Gasteiger partial charge in [-0.3, -0.25) is 10.8 Å². The molecular weight excluding hydrogens is 272 g/mol. The quantitative estimate of drug-likeness (QED) is 0.454. The van der Waals surface area contributed by atoms with Gasteiger partial charge in [0.1, 0.15) is 11.1 Å². The summed E-state index contributed by atoms with van der Waals surface area (Å²) < 4.78 is 0. The first kappa shape index (κ1) is 13.7. The highest BCUT2D eigenvalue weighted by Gasteiger charge is 2.04. The van der Waals surface area contributed by atoms with Gasteiger partial charge in [-0.15, -0.1) is 11.3 Å². The lowest BCUT2D eigenvalue weighted by molar-refractivity contribution is 1.27. The Kier molecular flexibility index (Phi) is 4.08. The van der Waals surface area contributed by atoms with Gasteiger partial charge in [0.05, 0.1) is 5.69 Å². The second-order valence-electron chi connectivity index (χ2n) is 3.97. The molecule has 1 aromatic carbocycles. The summed E-state index contributed by atoms with van der Waals surface area (Å²) in [6.45, 7) is 1.94. The Morgan fingerprint density at radius 1 is 1.55 bits per heavy atom. The third-order valence-corrected chi connectivity index (χ3v) is 3.40. The molecule has 0 atom stereocenters. The molecule has 100 valence electrons. The fourth-order valence-electron chi connectivity index (χ4n) is 1.47. The molecule has 0 fully saturated rings. The van der Waals surface area contributed by atoms with Crippen LogP contribution in [-0.2, 0) is 0 Å². The number of amidine groups is 1. The summed E-state index contributed by atoms with van der Waals surface area (Å²) in [5, 5.41) is 22.6. The van der Waals surface area contributed by atoms with E-state index in [2.05, 4.69) is 15.5 Å². The molecule has 1 heterocycles. The van der Waals surface area contributed by atoms with Crippen LogP contribution in [0.4, 0.5) is 5.69 Å². The summed E-state index contributed by atoms with van der Waals surface area (Å²) in [5.74, 6) is -0.369. The zero-order chi connectivity index (χ0) is 14.5. The summed E-state index contributed by atoms with van der Waals surface area (Å²) in [6.07, 6.45) is 0. The Balaban J connectivity index is 2.23. The summed E-state index contributed by atoms with van der Waals surface area (Å²) in [5.41, 5.74) is 10.4. The van der Waals surface area contributed by atoms with Gasteiger partial charge < -0.3 is 5.73 Å². The topological polar surface area (TPSA) is 111 Å². The number of anilines is 1. The van der Waals surface area contributed by atoms with Crippen molar-refractivity contribution in [2.24, 2.45) is 10.8 Å². The summed E-state index contributed by atoms with van der Waals surface area (Å²) in [7, 11) is 0. The normalized spacial score (nSPS) is 10.9. The average molecular weight is 284 g/mol. The van der Waals surface area contributed by atoms with Crippen molar-refractivity contribution in [1.29, 1.82) is 10.7 Å². The van der Waals surface area contributed by atoms with Gasteiger partial charge in [0.25, 0.3) is 0 Å². The lowest BCUT2D eigenvalue weighted by atomic mass is 10.2. The minimum Gasteiger partial charge on any atom is -0.382 e. The monoisotopic (exact) mass is 284 g/mol. The maximum atomic E-state index is 8.76. The van der Waals surface area contributed by atoms with Crippen molar-refractivity contribution in [1.82, 2.24) is 4.98 Å². The van der Waals surface area contributed by atoms with Gasteiger partial charge in [-0.1, -0.05) is 12.1 Å². The van der Waals surface area contributed by atoms with Crippen molar-refractivity contribution < 1.29 is 0 Å². The molecule has 0 bridgehead atoms. The van der Waals surface area contributed by atoms with E-state index in [4.69, 9.17) is 16.4 Å². The average Bonchev–Trinajstić information content (AvgIpc) is 2.86. The van der Waals surface area contributed by atoms with Crippen LogP contribution in [0, 0.1) is 23.7 Å². The predicted molar refractivity (Wildman–Crippen MR) is 80.9 cm³/mol. The minimum absolute atomic E-state index is 0.152. The fourth-order valence-corrected chi connectivity index (χ4v) is 2.27. The van der Waals surface area contributed by atoms with Crippen molar-refractivity contribution in [3.63, 3.8) is 0 Å². The van der Waals surface area contributed by atoms with Crippen LogP contribution in [-0.4, -0.2) is 16.5 Å². The molecule has 6 nitrogen and oxygen atoms in total. The van der Waals surface area contributed by atoms with E-state index in [1.54, 1.807) is 17.4 Å². The number of hydrogen-bond acceptors (Lipinski definition) is 6. The van der Waals surface area contributed by atoms with E-state index in [-0.39, 0.29) is 11.5 Å². The number of rotatable bonds is 4. The molecule has 0 saturated carbocycles. The number of nitrogens with one attached hydrogen (secondary N) is 2. The lowest BCUT2D eigenvalue weighted by Gasteiger charge is -2.03. The van der Waals surface area contributed by atoms with Gasteiger partial charge in [-0.2, -0.15) is 10.4 Å². The minimum atomic E-state index is -0.369. The van der Waals surface area contributed by atoms with E-state index < -0.39 is 0 Å². The molecule has 0 amide bonds. The molecule has 0 spiro atoms. The van der Waals surface area contributed by atoms with Gasteiger partial charge in [-0.25, -0.2) is 4.98 Å². The second kappa shape index (κ2) is 5.95. The number of hydrogen-bond donors (Lipinski definition) is 3. The molecule has 4 N–H and O–H groups in total. The molecule has 0 aliphatic rings. The fraction of sp³-hybridized carbons (Fsp3) is 0.0769. The molecular formula is C13H12N6S. The van der Waals surface area contributed by atoms with Crippen LogP contribution >= 0.6 is 11.3 Å². The number of aromatic nitrogens is 1. The zero-order valence-corrected chi connectivity index (χ0v) is 11.5. The summed E-state index contributed by atoms with van der Waals surface area (Å²) in [4.78, 5) is 4.41. The van der Waals surface area contributed by atoms with Crippen LogP contribution < -0.4 is 11.2 Å². The molecule has 0 aliphatic heterocycles. The van der Waals surface area contributed by atoms with Gasteiger partial charge >= 0.3 is 0 Å². The number of nitriles is 1. The van der Waals surface area contributed by atoms with Crippen LogP contribution in [0.3, 0.4) is 0 Å². The third kappa shape index (κ3) is 3.18. The lowest BCUT2D eigenvalue weighted by Crippen LogP contribution is -2.21. The van der Waals surface area contributed by atoms with E-state index >= 15 is 0 Å². The van der Waals surface area contributed by atoms with E-state index in [1.807, 2.05) is 36.6 Å². The van der Waals surface area contributed by atoms with Crippen LogP contribution in [0.2, 0.25) is 0 Å². The molecule has 2 rings (SSSR count). The molecule has 0 unspecified atom stereocenters. The molecule has 0 aliphatic carbocycles. The molecule has 20 heavy (non-hydrogen) atoms. The molecule has 0 saturated heterocycles. The first-order valence-corrected chi connectivity index (χ1v) is 6.59. The highest BCUT2D eigenvalue weighted by Crippen LogP contribution is 2.25. The van der Waals surface area contributed by atoms with Crippen LogP contribution in [0.5, 0.6) is 0 Å². The van der Waals surface area contributed by atoms with Gasteiger partial charge in [0.2, 0.25) is 5.71 Å². The van der Waals surface area contributed by atoms with Crippen molar-refractivity contribution in [3.05, 3.63) is 35.3 Å². The molecule has 0 radical (unpaired) electrons. The van der Waals surface area contributed by atoms with E-state index in [0.29, 0.717) is 5.69 Å². The van der Waals surface area contributed by atoms with Crippen molar-refractivity contribution in [2.45, 2.75) is 6.92 Å². The summed E-state index contributed by atoms with van der Waals surface area (Å²) >= 11 is 1.56. The van der Waals surface area contributed by atoms with Gasteiger partial charge in [0, 0.05) is 16.6 Å². The number of hydrazone groups is 1. The highest BCUT2D eigenvalue weighted by atomic mass is 32.1. The van der Waals surface area contributed by atoms with Crippen LogP contribution in [0.15, 0.2) is 34.7 Å². The van der Waals surface area contributed by atoms with Crippen molar-refractivity contribution in [2.75, 3.05) is 5.43 Å². The maximum Gasteiger partial charge on any atom is 0.201 e. The number of benzene rings is 1. The number of aryl methyl sites for hydroxylation is 1.